The molecule has 21 heavy (non-hydrogen) atoms. The number of hydrogen-bond donors (Lipinski definition) is 1. The molecule has 6 nitrogen and oxygen atoms in total. The summed E-state index contributed by atoms with van der Waals surface area (Å²) in [5, 5.41) is 3.33. The van der Waals surface area contributed by atoms with Gasteiger partial charge in [-0.2, -0.15) is 11.8 Å². The Bertz CT molecular complexity index is 359. The van der Waals surface area contributed by atoms with Gasteiger partial charge in [0.25, 0.3) is 0 Å². The zero-order chi connectivity index (χ0) is 15.1. The third-order valence-electron chi connectivity index (χ3n) is 3.80. The van der Waals surface area contributed by atoms with E-state index in [1.807, 2.05) is 0 Å². The second kappa shape index (κ2) is 8.60. The van der Waals surface area contributed by atoms with Crippen molar-refractivity contribution >= 4 is 23.6 Å². The third-order valence-corrected chi connectivity index (χ3v) is 4.82. The fourth-order valence-electron chi connectivity index (χ4n) is 2.68. The van der Waals surface area contributed by atoms with Crippen LogP contribution in [0.4, 0.5) is 0 Å². The van der Waals surface area contributed by atoms with E-state index in [1.165, 1.54) is 0 Å². The van der Waals surface area contributed by atoms with Crippen LogP contribution in [0, 0.1) is 0 Å². The molecule has 0 bridgehead atoms. The maximum absolute atomic E-state index is 12.5. The van der Waals surface area contributed by atoms with Crippen LogP contribution < -0.4 is 5.32 Å². The first-order valence-corrected chi connectivity index (χ1v) is 8.84. The molecule has 1 N–H and O–H groups in total. The lowest BCUT2D eigenvalue weighted by Gasteiger charge is -2.35. The van der Waals surface area contributed by atoms with Gasteiger partial charge in [0.1, 0.15) is 6.04 Å². The normalized spacial score (nSPS) is 24.4. The highest BCUT2D eigenvalue weighted by atomic mass is 32.2. The first-order chi connectivity index (χ1) is 10.2. The highest BCUT2D eigenvalue weighted by Gasteiger charge is 2.34. The molecule has 2 rings (SSSR count). The van der Waals surface area contributed by atoms with Crippen LogP contribution in [0.2, 0.25) is 0 Å². The fraction of sp³-hybridized carbons (Fsp3) is 0.857. The Balaban J connectivity index is 1.92. The van der Waals surface area contributed by atoms with Crippen LogP contribution in [0.15, 0.2) is 0 Å². The summed E-state index contributed by atoms with van der Waals surface area (Å²) in [6.07, 6.45) is 1.06. The molecule has 2 heterocycles. The predicted molar refractivity (Wildman–Crippen MR) is 83.4 cm³/mol. The average molecular weight is 315 g/mol. The predicted octanol–water partition coefficient (Wildman–Crippen LogP) is -0.211. The van der Waals surface area contributed by atoms with Crippen LogP contribution in [-0.4, -0.2) is 85.1 Å². The third kappa shape index (κ3) is 4.86. The molecule has 1 atom stereocenters. The molecule has 2 aliphatic rings. The number of nitrogens with one attached hydrogen (secondary N) is 1. The van der Waals surface area contributed by atoms with E-state index in [1.54, 1.807) is 23.6 Å². The summed E-state index contributed by atoms with van der Waals surface area (Å²) in [7, 11) is 0. The molecular formula is C14H25N3O3S. The lowest BCUT2D eigenvalue weighted by atomic mass is 10.2. The summed E-state index contributed by atoms with van der Waals surface area (Å²) in [6.45, 7) is 6.95. The van der Waals surface area contributed by atoms with Crippen molar-refractivity contribution in [2.75, 3.05) is 57.4 Å². The Morgan fingerprint density at radius 2 is 2.14 bits per heavy atom. The molecule has 2 aliphatic heterocycles. The monoisotopic (exact) mass is 315 g/mol. The number of thioether (sulfide) groups is 1. The molecule has 0 aromatic heterocycles. The number of amides is 1. The van der Waals surface area contributed by atoms with Gasteiger partial charge in [-0.15, -0.1) is 0 Å². The van der Waals surface area contributed by atoms with E-state index >= 15 is 0 Å². The van der Waals surface area contributed by atoms with Gasteiger partial charge in [0.15, 0.2) is 0 Å². The van der Waals surface area contributed by atoms with Crippen molar-refractivity contribution in [3.8, 4) is 0 Å². The van der Waals surface area contributed by atoms with Crippen LogP contribution in [0.25, 0.3) is 0 Å². The molecule has 120 valence electrons. The Morgan fingerprint density at radius 1 is 1.29 bits per heavy atom. The van der Waals surface area contributed by atoms with Crippen molar-refractivity contribution in [1.82, 2.24) is 15.1 Å². The molecule has 0 aromatic carbocycles. The van der Waals surface area contributed by atoms with Crippen molar-refractivity contribution in [2.24, 2.45) is 0 Å². The summed E-state index contributed by atoms with van der Waals surface area (Å²) in [6, 6.07) is -0.415. The van der Waals surface area contributed by atoms with Crippen LogP contribution in [-0.2, 0) is 14.3 Å². The van der Waals surface area contributed by atoms with Crippen molar-refractivity contribution < 1.29 is 14.3 Å². The minimum atomic E-state index is -0.415. The average Bonchev–Trinajstić information content (AvgIpc) is 2.76. The lowest BCUT2D eigenvalue weighted by molar-refractivity contribution is -0.154. The Kier molecular flexibility index (Phi) is 6.79. The van der Waals surface area contributed by atoms with E-state index in [4.69, 9.17) is 4.74 Å². The number of nitrogens with zero attached hydrogens (tertiary/aromatic N) is 2. The number of rotatable bonds is 4. The van der Waals surface area contributed by atoms with Gasteiger partial charge in [0, 0.05) is 31.1 Å². The number of carbonyl (C=O) groups excluding carboxylic acids is 2. The molecular weight excluding hydrogens is 290 g/mol. The smallest absolute Gasteiger partial charge is 0.329 e. The molecule has 7 heteroatoms. The lowest BCUT2D eigenvalue weighted by Crippen LogP contribution is -2.53. The summed E-state index contributed by atoms with van der Waals surface area (Å²) in [4.78, 5) is 28.4. The molecule has 2 fully saturated rings. The zero-order valence-corrected chi connectivity index (χ0v) is 13.5. The largest absolute Gasteiger partial charge is 0.464 e. The van der Waals surface area contributed by atoms with E-state index in [0.29, 0.717) is 25.4 Å². The molecule has 0 aromatic rings. The maximum atomic E-state index is 12.5. The van der Waals surface area contributed by atoms with Gasteiger partial charge < -0.3 is 15.0 Å². The summed E-state index contributed by atoms with van der Waals surface area (Å²) < 4.78 is 5.10. The second-order valence-electron chi connectivity index (χ2n) is 5.31. The number of hydrogen-bond acceptors (Lipinski definition) is 6. The molecule has 1 amide bonds. The van der Waals surface area contributed by atoms with Gasteiger partial charge in [-0.3, -0.25) is 9.69 Å². The number of esters is 1. The molecule has 2 saturated heterocycles. The van der Waals surface area contributed by atoms with Crippen molar-refractivity contribution in [1.29, 1.82) is 0 Å². The topological polar surface area (TPSA) is 61.9 Å². The molecule has 0 radical (unpaired) electrons. The Hall–Kier alpha value is -0.790. The van der Waals surface area contributed by atoms with Crippen LogP contribution >= 0.6 is 11.8 Å². The highest BCUT2D eigenvalue weighted by molar-refractivity contribution is 7.99. The molecule has 0 spiro atoms. The van der Waals surface area contributed by atoms with Gasteiger partial charge >= 0.3 is 5.97 Å². The van der Waals surface area contributed by atoms with Crippen molar-refractivity contribution in [3.63, 3.8) is 0 Å². The maximum Gasteiger partial charge on any atom is 0.329 e. The minimum Gasteiger partial charge on any atom is -0.464 e. The quantitative estimate of drug-likeness (QED) is 0.724. The molecule has 1 unspecified atom stereocenters. The highest BCUT2D eigenvalue weighted by Crippen LogP contribution is 2.18. The SMILES string of the molecule is CCOC(=O)C1CSCCN1C(=O)CN1CCCNCC1. The number of ether oxygens (including phenoxy) is 1. The Labute approximate surface area is 130 Å². The van der Waals surface area contributed by atoms with Crippen LogP contribution in [0.5, 0.6) is 0 Å². The zero-order valence-electron chi connectivity index (χ0n) is 12.7. The van der Waals surface area contributed by atoms with E-state index < -0.39 is 6.04 Å². The van der Waals surface area contributed by atoms with E-state index in [2.05, 4.69) is 10.2 Å². The summed E-state index contributed by atoms with van der Waals surface area (Å²) in [5.74, 6) is 1.32. The van der Waals surface area contributed by atoms with Gasteiger partial charge in [-0.1, -0.05) is 0 Å². The standard InChI is InChI=1S/C14H25N3O3S/c1-2-20-14(19)12-11-21-9-8-17(12)13(18)10-16-6-3-4-15-5-7-16/h12,15H,2-11H2,1H3. The van der Waals surface area contributed by atoms with E-state index in [-0.39, 0.29) is 11.9 Å². The summed E-state index contributed by atoms with van der Waals surface area (Å²) >= 11 is 1.71. The van der Waals surface area contributed by atoms with Crippen LogP contribution in [0.1, 0.15) is 13.3 Å². The van der Waals surface area contributed by atoms with E-state index in [0.717, 1.165) is 38.4 Å². The number of carbonyl (C=O) groups is 2. The Morgan fingerprint density at radius 3 is 2.95 bits per heavy atom. The first kappa shape index (κ1) is 16.6. The van der Waals surface area contributed by atoms with E-state index in [9.17, 15) is 9.59 Å². The van der Waals surface area contributed by atoms with Crippen LogP contribution in [0.3, 0.4) is 0 Å². The molecule has 0 saturated carbocycles. The van der Waals surface area contributed by atoms with Crippen molar-refractivity contribution in [3.05, 3.63) is 0 Å². The summed E-state index contributed by atoms with van der Waals surface area (Å²) in [5.41, 5.74) is 0. The van der Waals surface area contributed by atoms with Gasteiger partial charge in [0.2, 0.25) is 5.91 Å². The fourth-order valence-corrected chi connectivity index (χ4v) is 3.71. The second-order valence-corrected chi connectivity index (χ2v) is 6.46. The van der Waals surface area contributed by atoms with Gasteiger partial charge in [0.05, 0.1) is 13.2 Å². The first-order valence-electron chi connectivity index (χ1n) is 7.69. The van der Waals surface area contributed by atoms with Gasteiger partial charge in [-0.05, 0) is 26.4 Å². The molecule has 0 aliphatic carbocycles. The minimum absolute atomic E-state index is 0.0512. The van der Waals surface area contributed by atoms with Gasteiger partial charge in [-0.25, -0.2) is 4.79 Å². The van der Waals surface area contributed by atoms with Crippen molar-refractivity contribution in [2.45, 2.75) is 19.4 Å².